The SMILES string of the molecule is CCOC(=O)CCC(C)C(C(=O)O)N(C)C(=O)OC(C)(C)C. The van der Waals surface area contributed by atoms with E-state index < -0.39 is 29.6 Å². The zero-order valence-electron chi connectivity index (χ0n) is 14.2. The summed E-state index contributed by atoms with van der Waals surface area (Å²) in [5, 5.41) is 9.36. The fraction of sp³-hybridized carbons (Fsp3) is 0.800. The van der Waals surface area contributed by atoms with E-state index in [1.54, 1.807) is 34.6 Å². The van der Waals surface area contributed by atoms with E-state index >= 15 is 0 Å². The standard InChI is InChI=1S/C15H27NO6/c1-7-21-11(17)9-8-10(2)12(13(18)19)16(6)14(20)22-15(3,4)5/h10,12H,7-9H2,1-6H3,(H,18,19). The Balaban J connectivity index is 4.80. The van der Waals surface area contributed by atoms with E-state index in [4.69, 9.17) is 9.47 Å². The fourth-order valence-electron chi connectivity index (χ4n) is 1.97. The Kier molecular flexibility index (Phi) is 7.90. The van der Waals surface area contributed by atoms with Crippen molar-refractivity contribution in [3.63, 3.8) is 0 Å². The largest absolute Gasteiger partial charge is 0.480 e. The normalized spacial score (nSPS) is 13.9. The van der Waals surface area contributed by atoms with Crippen LogP contribution >= 0.6 is 0 Å². The van der Waals surface area contributed by atoms with Gasteiger partial charge in [-0.05, 0) is 40.0 Å². The number of hydrogen-bond donors (Lipinski definition) is 1. The molecule has 0 saturated heterocycles. The zero-order valence-corrected chi connectivity index (χ0v) is 14.2. The molecule has 0 radical (unpaired) electrons. The summed E-state index contributed by atoms with van der Waals surface area (Å²) in [4.78, 5) is 35.9. The Bertz CT molecular complexity index is 401. The lowest BCUT2D eigenvalue weighted by molar-refractivity contribution is -0.147. The van der Waals surface area contributed by atoms with Gasteiger partial charge in [-0.25, -0.2) is 9.59 Å². The number of aliphatic carboxylic acids is 1. The van der Waals surface area contributed by atoms with Crippen molar-refractivity contribution in [1.82, 2.24) is 4.90 Å². The van der Waals surface area contributed by atoms with Crippen LogP contribution in [-0.4, -0.2) is 53.3 Å². The van der Waals surface area contributed by atoms with Gasteiger partial charge in [-0.1, -0.05) is 6.92 Å². The molecule has 1 N–H and O–H groups in total. The molecule has 0 spiro atoms. The van der Waals surface area contributed by atoms with Crippen LogP contribution in [0.15, 0.2) is 0 Å². The maximum Gasteiger partial charge on any atom is 0.410 e. The highest BCUT2D eigenvalue weighted by molar-refractivity contribution is 5.80. The molecule has 22 heavy (non-hydrogen) atoms. The van der Waals surface area contributed by atoms with E-state index in [-0.39, 0.29) is 19.0 Å². The highest BCUT2D eigenvalue weighted by atomic mass is 16.6. The molecule has 0 aliphatic heterocycles. The Morgan fingerprint density at radius 2 is 1.77 bits per heavy atom. The van der Waals surface area contributed by atoms with Gasteiger partial charge >= 0.3 is 18.0 Å². The van der Waals surface area contributed by atoms with Crippen LogP contribution in [0.5, 0.6) is 0 Å². The third-order valence-electron chi connectivity index (χ3n) is 3.00. The molecule has 0 heterocycles. The first-order chi connectivity index (χ1) is 9.99. The van der Waals surface area contributed by atoms with Gasteiger partial charge in [0.2, 0.25) is 0 Å². The maximum atomic E-state index is 12.0. The van der Waals surface area contributed by atoms with Crippen molar-refractivity contribution in [3.8, 4) is 0 Å². The minimum absolute atomic E-state index is 0.112. The predicted molar refractivity (Wildman–Crippen MR) is 80.5 cm³/mol. The lowest BCUT2D eigenvalue weighted by Crippen LogP contribution is -2.48. The lowest BCUT2D eigenvalue weighted by Gasteiger charge is -2.31. The number of amides is 1. The molecule has 0 aromatic heterocycles. The molecule has 0 saturated carbocycles. The summed E-state index contributed by atoms with van der Waals surface area (Å²) in [5.74, 6) is -1.93. The van der Waals surface area contributed by atoms with Crippen molar-refractivity contribution < 1.29 is 29.0 Å². The first-order valence-electron chi connectivity index (χ1n) is 7.33. The highest BCUT2D eigenvalue weighted by Crippen LogP contribution is 2.19. The van der Waals surface area contributed by atoms with Crippen LogP contribution in [0.2, 0.25) is 0 Å². The highest BCUT2D eigenvalue weighted by Gasteiger charge is 2.34. The monoisotopic (exact) mass is 317 g/mol. The van der Waals surface area contributed by atoms with E-state index in [0.717, 1.165) is 4.90 Å². The van der Waals surface area contributed by atoms with Crippen molar-refractivity contribution in [2.24, 2.45) is 5.92 Å². The molecule has 128 valence electrons. The van der Waals surface area contributed by atoms with Gasteiger partial charge in [0.25, 0.3) is 0 Å². The first kappa shape index (κ1) is 20.2. The summed E-state index contributed by atoms with van der Waals surface area (Å²) in [6, 6.07) is -1.07. The second-order valence-electron chi connectivity index (χ2n) is 6.20. The van der Waals surface area contributed by atoms with Crippen molar-refractivity contribution in [3.05, 3.63) is 0 Å². The molecule has 2 atom stereocenters. The summed E-state index contributed by atoms with van der Waals surface area (Å²) in [6.07, 6.45) is -0.285. The summed E-state index contributed by atoms with van der Waals surface area (Å²) >= 11 is 0. The molecule has 1 amide bonds. The lowest BCUT2D eigenvalue weighted by atomic mass is 9.95. The van der Waals surface area contributed by atoms with Gasteiger partial charge in [-0.2, -0.15) is 0 Å². The number of carboxylic acids is 1. The summed E-state index contributed by atoms with van der Waals surface area (Å²) in [5.41, 5.74) is -0.706. The molecule has 0 aromatic rings. The van der Waals surface area contributed by atoms with Crippen LogP contribution in [0.25, 0.3) is 0 Å². The second-order valence-corrected chi connectivity index (χ2v) is 6.20. The number of hydrogen-bond acceptors (Lipinski definition) is 5. The molecule has 7 heteroatoms. The molecule has 0 aliphatic carbocycles. The van der Waals surface area contributed by atoms with Gasteiger partial charge in [0, 0.05) is 13.5 Å². The van der Waals surface area contributed by atoms with Gasteiger partial charge in [0.15, 0.2) is 0 Å². The molecule has 0 fully saturated rings. The number of esters is 1. The molecule has 0 aromatic carbocycles. The van der Waals surface area contributed by atoms with E-state index in [2.05, 4.69) is 0 Å². The van der Waals surface area contributed by atoms with E-state index in [1.165, 1.54) is 7.05 Å². The number of likely N-dealkylation sites (N-methyl/N-ethyl adjacent to an activating group) is 1. The van der Waals surface area contributed by atoms with Crippen LogP contribution in [0.3, 0.4) is 0 Å². The molecule has 0 rings (SSSR count). The molecular weight excluding hydrogens is 290 g/mol. The van der Waals surface area contributed by atoms with Crippen LogP contribution < -0.4 is 0 Å². The molecule has 2 unspecified atom stereocenters. The van der Waals surface area contributed by atoms with Crippen molar-refractivity contribution >= 4 is 18.0 Å². The predicted octanol–water partition coefficient (Wildman–Crippen LogP) is 2.29. The number of carbonyl (C=O) groups excluding carboxylic acids is 2. The number of rotatable bonds is 7. The third kappa shape index (κ3) is 7.28. The number of carbonyl (C=O) groups is 3. The minimum Gasteiger partial charge on any atom is -0.480 e. The second kappa shape index (κ2) is 8.60. The van der Waals surface area contributed by atoms with Crippen molar-refractivity contribution in [2.45, 2.75) is 59.1 Å². The summed E-state index contributed by atoms with van der Waals surface area (Å²) < 4.78 is 9.99. The van der Waals surface area contributed by atoms with Gasteiger partial charge in [-0.15, -0.1) is 0 Å². The maximum absolute atomic E-state index is 12.0. The van der Waals surface area contributed by atoms with Crippen LogP contribution in [-0.2, 0) is 19.1 Å². The number of carboxylic acid groups (broad SMARTS) is 1. The van der Waals surface area contributed by atoms with Crippen molar-refractivity contribution in [1.29, 1.82) is 0 Å². The smallest absolute Gasteiger partial charge is 0.410 e. The van der Waals surface area contributed by atoms with E-state index in [1.807, 2.05) is 0 Å². The van der Waals surface area contributed by atoms with E-state index in [0.29, 0.717) is 6.42 Å². The third-order valence-corrected chi connectivity index (χ3v) is 3.00. The average molecular weight is 317 g/mol. The van der Waals surface area contributed by atoms with E-state index in [9.17, 15) is 19.5 Å². The Hall–Kier alpha value is -1.79. The zero-order chi connectivity index (χ0) is 17.5. The van der Waals surface area contributed by atoms with Crippen LogP contribution in [0.4, 0.5) is 4.79 Å². The molecule has 7 nitrogen and oxygen atoms in total. The molecular formula is C15H27NO6. The minimum atomic E-state index is -1.13. The van der Waals surface area contributed by atoms with Crippen molar-refractivity contribution in [2.75, 3.05) is 13.7 Å². The molecule has 0 bridgehead atoms. The molecule has 0 aliphatic rings. The number of nitrogens with zero attached hydrogens (tertiary/aromatic N) is 1. The summed E-state index contributed by atoms with van der Waals surface area (Å²) in [7, 11) is 1.38. The van der Waals surface area contributed by atoms with Gasteiger partial charge in [-0.3, -0.25) is 9.69 Å². The average Bonchev–Trinajstić information content (AvgIpc) is 2.34. The first-order valence-corrected chi connectivity index (χ1v) is 7.33. The van der Waals surface area contributed by atoms with Crippen LogP contribution in [0.1, 0.15) is 47.5 Å². The number of ether oxygens (including phenoxy) is 2. The van der Waals surface area contributed by atoms with Crippen LogP contribution in [0, 0.1) is 5.92 Å². The Morgan fingerprint density at radius 3 is 2.18 bits per heavy atom. The van der Waals surface area contributed by atoms with Gasteiger partial charge < -0.3 is 14.6 Å². The quantitative estimate of drug-likeness (QED) is 0.724. The van der Waals surface area contributed by atoms with Gasteiger partial charge in [0.1, 0.15) is 11.6 Å². The fourth-order valence-corrected chi connectivity index (χ4v) is 1.97. The van der Waals surface area contributed by atoms with Gasteiger partial charge in [0.05, 0.1) is 6.61 Å². The Morgan fingerprint density at radius 1 is 1.23 bits per heavy atom. The summed E-state index contributed by atoms with van der Waals surface area (Å²) in [6.45, 7) is 8.79. The Labute approximate surface area is 131 Å². The topological polar surface area (TPSA) is 93.1 Å².